The van der Waals surface area contributed by atoms with Gasteiger partial charge < -0.3 is 0 Å². The molecule has 21 heavy (non-hydrogen) atoms. The molecule has 0 aliphatic carbocycles. The fourth-order valence-corrected chi connectivity index (χ4v) is 3.02. The molecule has 6 nitrogen and oxygen atoms in total. The van der Waals surface area contributed by atoms with Crippen LogP contribution in [0.4, 0.5) is 5.69 Å². The van der Waals surface area contributed by atoms with Crippen molar-refractivity contribution in [1.82, 2.24) is 0 Å². The molecular weight excluding hydrogens is 292 g/mol. The fraction of sp³-hybridized carbons (Fsp3) is 0.357. The number of hydrazone groups is 1. The Labute approximate surface area is 123 Å². The first-order chi connectivity index (χ1) is 9.70. The lowest BCUT2D eigenvalue weighted by Crippen LogP contribution is -2.43. The molecule has 2 rings (SSSR count). The third-order valence-corrected chi connectivity index (χ3v) is 5.21. The molecule has 0 fully saturated rings. The molecule has 1 heterocycles. The summed E-state index contributed by atoms with van der Waals surface area (Å²) in [5.74, 6) is 0.917. The normalized spacial score (nSPS) is 19.4. The fourth-order valence-electron chi connectivity index (χ4n) is 2.44. The van der Waals surface area contributed by atoms with E-state index in [-0.39, 0.29) is 5.70 Å². The molecule has 0 amide bonds. The Hall–Kier alpha value is -1.95. The molecule has 1 aliphatic heterocycles. The standard InChI is InChI=1S/C14H16N2O4S/c1-10-13(14(2,3)21(18,19)20)12(9-17)16(15-10)11-7-5-4-6-8-11/h4-8,13H,1-3H3,(H,18,19,20). The lowest BCUT2D eigenvalue weighted by molar-refractivity contribution is 0.424. The molecule has 0 spiro atoms. The van der Waals surface area contributed by atoms with Gasteiger partial charge in [-0.25, -0.2) is 9.80 Å². The average Bonchev–Trinajstić information content (AvgIpc) is 2.75. The highest BCUT2D eigenvalue weighted by molar-refractivity contribution is 7.87. The molecular formula is C14H16N2O4S. The molecule has 112 valence electrons. The molecule has 0 aromatic heterocycles. The van der Waals surface area contributed by atoms with Crippen LogP contribution in [-0.4, -0.2) is 29.4 Å². The molecule has 1 N–H and O–H groups in total. The second-order valence-electron chi connectivity index (χ2n) is 5.39. The number of carbonyl (C=O) groups excluding carboxylic acids is 1. The molecule has 0 radical (unpaired) electrons. The van der Waals surface area contributed by atoms with Crippen molar-refractivity contribution in [1.29, 1.82) is 0 Å². The van der Waals surface area contributed by atoms with Crippen LogP contribution >= 0.6 is 0 Å². The van der Waals surface area contributed by atoms with Crippen LogP contribution in [0.3, 0.4) is 0 Å². The Balaban J connectivity index is 2.54. The Bertz CT molecular complexity index is 731. The van der Waals surface area contributed by atoms with Crippen molar-refractivity contribution in [3.8, 4) is 0 Å². The molecule has 1 aromatic carbocycles. The van der Waals surface area contributed by atoms with Crippen LogP contribution in [0.15, 0.2) is 41.1 Å². The molecule has 1 unspecified atom stereocenters. The largest absolute Gasteiger partial charge is 0.285 e. The Kier molecular flexibility index (Phi) is 3.76. The van der Waals surface area contributed by atoms with E-state index in [0.717, 1.165) is 0 Å². The topological polar surface area (TPSA) is 87.0 Å². The van der Waals surface area contributed by atoms with E-state index in [2.05, 4.69) is 5.10 Å². The third-order valence-electron chi connectivity index (χ3n) is 3.64. The van der Waals surface area contributed by atoms with Gasteiger partial charge in [0.1, 0.15) is 16.4 Å². The first-order valence-corrected chi connectivity index (χ1v) is 7.76. The SMILES string of the molecule is CC1=NN(c2ccccc2)C(=C=O)C1C(C)(C)S(=O)(=O)O. The predicted molar refractivity (Wildman–Crippen MR) is 80.4 cm³/mol. The van der Waals surface area contributed by atoms with Crippen LogP contribution in [-0.2, 0) is 14.9 Å². The van der Waals surface area contributed by atoms with E-state index in [4.69, 9.17) is 0 Å². The monoisotopic (exact) mass is 308 g/mol. The van der Waals surface area contributed by atoms with E-state index < -0.39 is 20.8 Å². The van der Waals surface area contributed by atoms with E-state index in [1.807, 2.05) is 6.07 Å². The number of benzene rings is 1. The summed E-state index contributed by atoms with van der Waals surface area (Å²) in [7, 11) is -4.37. The lowest BCUT2D eigenvalue weighted by Gasteiger charge is -2.28. The number of nitrogens with zero attached hydrogens (tertiary/aromatic N) is 2. The number of allylic oxidation sites excluding steroid dienone is 1. The summed E-state index contributed by atoms with van der Waals surface area (Å²) < 4.78 is 31.1. The van der Waals surface area contributed by atoms with Gasteiger partial charge in [0.2, 0.25) is 0 Å². The van der Waals surface area contributed by atoms with E-state index in [1.165, 1.54) is 18.9 Å². The summed E-state index contributed by atoms with van der Waals surface area (Å²) in [4.78, 5) is 11.4. The van der Waals surface area contributed by atoms with Crippen LogP contribution in [0.25, 0.3) is 0 Å². The molecule has 1 atom stereocenters. The van der Waals surface area contributed by atoms with Gasteiger partial charge in [-0.3, -0.25) is 4.55 Å². The second kappa shape index (κ2) is 5.11. The van der Waals surface area contributed by atoms with E-state index in [9.17, 15) is 17.8 Å². The molecule has 1 aromatic rings. The van der Waals surface area contributed by atoms with Crippen molar-refractivity contribution in [2.75, 3.05) is 5.01 Å². The maximum absolute atomic E-state index is 11.6. The van der Waals surface area contributed by atoms with Crippen LogP contribution in [0.5, 0.6) is 0 Å². The first kappa shape index (κ1) is 15.4. The van der Waals surface area contributed by atoms with Crippen molar-refractivity contribution in [2.45, 2.75) is 25.5 Å². The van der Waals surface area contributed by atoms with Crippen LogP contribution in [0.1, 0.15) is 20.8 Å². The predicted octanol–water partition coefficient (Wildman–Crippen LogP) is 1.88. The molecule has 7 heteroatoms. The Morgan fingerprint density at radius 3 is 2.33 bits per heavy atom. The molecule has 1 aliphatic rings. The van der Waals surface area contributed by atoms with Gasteiger partial charge in [0.15, 0.2) is 0 Å². The number of rotatable bonds is 3. The highest BCUT2D eigenvalue weighted by Gasteiger charge is 2.49. The van der Waals surface area contributed by atoms with Crippen molar-refractivity contribution in [3.05, 3.63) is 36.0 Å². The highest BCUT2D eigenvalue weighted by atomic mass is 32.2. The maximum Gasteiger partial charge on any atom is 0.271 e. The average molecular weight is 308 g/mol. The quantitative estimate of drug-likeness (QED) is 0.680. The number of hydrogen-bond acceptors (Lipinski definition) is 5. The minimum Gasteiger partial charge on any atom is -0.285 e. The van der Waals surface area contributed by atoms with Gasteiger partial charge in [0, 0.05) is 5.71 Å². The summed E-state index contributed by atoms with van der Waals surface area (Å²) >= 11 is 0. The number of hydrogen-bond donors (Lipinski definition) is 1. The highest BCUT2D eigenvalue weighted by Crippen LogP contribution is 2.39. The summed E-state index contributed by atoms with van der Waals surface area (Å²) in [6, 6.07) is 8.88. The summed E-state index contributed by atoms with van der Waals surface area (Å²) in [6.45, 7) is 4.34. The first-order valence-electron chi connectivity index (χ1n) is 6.32. The van der Waals surface area contributed by atoms with Crippen LogP contribution in [0.2, 0.25) is 0 Å². The summed E-state index contributed by atoms with van der Waals surface area (Å²) in [6.07, 6.45) is 0. The smallest absolute Gasteiger partial charge is 0.271 e. The van der Waals surface area contributed by atoms with Gasteiger partial charge in [0.25, 0.3) is 10.1 Å². The van der Waals surface area contributed by atoms with E-state index >= 15 is 0 Å². The number of anilines is 1. The van der Waals surface area contributed by atoms with Gasteiger partial charge in [-0.1, -0.05) is 18.2 Å². The van der Waals surface area contributed by atoms with E-state index in [1.54, 1.807) is 37.1 Å². The van der Waals surface area contributed by atoms with Gasteiger partial charge in [0.05, 0.1) is 11.6 Å². The third kappa shape index (κ3) is 2.51. The van der Waals surface area contributed by atoms with Gasteiger partial charge in [-0.2, -0.15) is 13.5 Å². The Morgan fingerprint density at radius 2 is 1.86 bits per heavy atom. The zero-order chi connectivity index (χ0) is 15.8. The minimum absolute atomic E-state index is 0.0707. The molecule has 0 saturated carbocycles. The second-order valence-corrected chi connectivity index (χ2v) is 7.39. The van der Waals surface area contributed by atoms with Crippen molar-refractivity contribution < 1.29 is 17.8 Å². The van der Waals surface area contributed by atoms with Crippen LogP contribution in [0, 0.1) is 5.92 Å². The lowest BCUT2D eigenvalue weighted by atomic mass is 9.89. The maximum atomic E-state index is 11.6. The zero-order valence-electron chi connectivity index (χ0n) is 11.9. The van der Waals surface area contributed by atoms with Gasteiger partial charge in [-0.05, 0) is 32.9 Å². The Morgan fingerprint density at radius 1 is 1.29 bits per heavy atom. The van der Waals surface area contributed by atoms with Gasteiger partial charge in [-0.15, -0.1) is 0 Å². The summed E-state index contributed by atoms with van der Waals surface area (Å²) in [5, 5.41) is 5.61. The van der Waals surface area contributed by atoms with Crippen LogP contribution < -0.4 is 5.01 Å². The van der Waals surface area contributed by atoms with Crippen molar-refractivity contribution in [2.24, 2.45) is 11.0 Å². The molecule has 0 bridgehead atoms. The number of para-hydroxylation sites is 1. The summed E-state index contributed by atoms with van der Waals surface area (Å²) in [5.41, 5.74) is 1.13. The van der Waals surface area contributed by atoms with Crippen molar-refractivity contribution in [3.63, 3.8) is 0 Å². The van der Waals surface area contributed by atoms with E-state index in [0.29, 0.717) is 11.4 Å². The van der Waals surface area contributed by atoms with Crippen molar-refractivity contribution >= 4 is 27.5 Å². The van der Waals surface area contributed by atoms with Gasteiger partial charge >= 0.3 is 0 Å². The minimum atomic E-state index is -4.37. The zero-order valence-corrected chi connectivity index (χ0v) is 12.8. The molecule has 0 saturated heterocycles.